The fourth-order valence-corrected chi connectivity index (χ4v) is 2.23. The SMILES string of the molecule is C.C=CC(=O)OCC.CCOC(=O)/C=C/c1ccc(F)cc1C.Cc1cc(F)ccc1Br. The maximum absolute atomic E-state index is 12.8. The van der Waals surface area contributed by atoms with Crippen molar-refractivity contribution >= 4 is 33.9 Å². The van der Waals surface area contributed by atoms with E-state index in [0.29, 0.717) is 13.2 Å². The van der Waals surface area contributed by atoms with Crippen LogP contribution in [-0.2, 0) is 19.1 Å². The van der Waals surface area contributed by atoms with Crippen molar-refractivity contribution in [1.82, 2.24) is 0 Å². The van der Waals surface area contributed by atoms with Gasteiger partial charge in [-0.15, -0.1) is 0 Å². The molecule has 4 nitrogen and oxygen atoms in total. The predicted molar refractivity (Wildman–Crippen MR) is 129 cm³/mol. The van der Waals surface area contributed by atoms with Crippen LogP contribution in [0.5, 0.6) is 0 Å². The van der Waals surface area contributed by atoms with Crippen molar-refractivity contribution in [2.45, 2.75) is 35.1 Å². The smallest absolute Gasteiger partial charge is 0.330 e. The monoisotopic (exact) mass is 512 g/mol. The zero-order valence-corrected chi connectivity index (χ0v) is 19.7. The molecule has 2 rings (SSSR count). The van der Waals surface area contributed by atoms with Gasteiger partial charge in [-0.05, 0) is 80.8 Å². The van der Waals surface area contributed by atoms with Crippen LogP contribution in [0.15, 0.2) is 59.6 Å². The number of hydrogen-bond donors (Lipinski definition) is 0. The fourth-order valence-electron chi connectivity index (χ4n) is 1.98. The minimum Gasteiger partial charge on any atom is -0.463 e. The lowest BCUT2D eigenvalue weighted by Gasteiger charge is -1.99. The normalized spacial score (nSPS) is 9.34. The molecular weight excluding hydrogens is 482 g/mol. The summed E-state index contributed by atoms with van der Waals surface area (Å²) in [5.74, 6) is -1.21. The van der Waals surface area contributed by atoms with Crippen LogP contribution in [0, 0.1) is 25.5 Å². The lowest BCUT2D eigenvalue weighted by atomic mass is 10.1. The molecule has 0 aliphatic carbocycles. The van der Waals surface area contributed by atoms with Crippen LogP contribution in [0.3, 0.4) is 0 Å². The Labute approximate surface area is 198 Å². The standard InChI is InChI=1S/C12H13FO2.C7H6BrF.C5H8O2.CH4/c1-3-15-12(14)7-5-10-4-6-11(13)8-9(10)2;1-5-4-6(9)2-3-7(5)8;1-3-5(6)7-4-2;/h4-8H,3H2,1-2H3;2-4H,1H3;3H,1,4H2,2H3;1H4/b7-5+;;;. The highest BCUT2D eigenvalue weighted by molar-refractivity contribution is 9.10. The topological polar surface area (TPSA) is 52.6 Å². The molecule has 0 saturated heterocycles. The molecule has 0 radical (unpaired) electrons. The Morgan fingerprint density at radius 1 is 0.938 bits per heavy atom. The number of esters is 2. The molecule has 0 aliphatic heterocycles. The Kier molecular flexibility index (Phi) is 17.5. The van der Waals surface area contributed by atoms with Crippen molar-refractivity contribution in [3.63, 3.8) is 0 Å². The van der Waals surface area contributed by atoms with E-state index in [0.717, 1.165) is 27.2 Å². The Morgan fingerprint density at radius 2 is 1.44 bits per heavy atom. The molecule has 0 aromatic heterocycles. The summed E-state index contributed by atoms with van der Waals surface area (Å²) in [7, 11) is 0. The average molecular weight is 513 g/mol. The number of hydrogen-bond acceptors (Lipinski definition) is 4. The second-order valence-electron chi connectivity index (χ2n) is 5.94. The number of ether oxygens (including phenoxy) is 2. The van der Waals surface area contributed by atoms with E-state index >= 15 is 0 Å². The van der Waals surface area contributed by atoms with Gasteiger partial charge in [-0.25, -0.2) is 18.4 Å². The quantitative estimate of drug-likeness (QED) is 0.320. The molecule has 0 aliphatic rings. The van der Waals surface area contributed by atoms with E-state index in [9.17, 15) is 18.4 Å². The number of aryl methyl sites for hydroxylation is 2. The van der Waals surface area contributed by atoms with Crippen molar-refractivity contribution < 1.29 is 27.8 Å². The first kappa shape index (κ1) is 31.4. The maximum Gasteiger partial charge on any atom is 0.330 e. The van der Waals surface area contributed by atoms with Gasteiger partial charge in [0.1, 0.15) is 11.6 Å². The molecule has 0 atom stereocenters. The van der Waals surface area contributed by atoms with E-state index in [1.54, 1.807) is 39.0 Å². The van der Waals surface area contributed by atoms with Crippen molar-refractivity contribution in [2.75, 3.05) is 13.2 Å². The first-order valence-corrected chi connectivity index (χ1v) is 10.3. The number of benzene rings is 2. The van der Waals surface area contributed by atoms with E-state index < -0.39 is 0 Å². The molecule has 0 fully saturated rings. The highest BCUT2D eigenvalue weighted by atomic mass is 79.9. The third-order valence-electron chi connectivity index (χ3n) is 3.49. The van der Waals surface area contributed by atoms with Gasteiger partial charge in [0.05, 0.1) is 13.2 Å². The molecule has 0 heterocycles. The number of rotatable bonds is 5. The predicted octanol–water partition coefficient (Wildman–Crippen LogP) is 6.98. The molecule has 0 unspecified atom stereocenters. The molecule has 32 heavy (non-hydrogen) atoms. The molecule has 2 aromatic rings. The van der Waals surface area contributed by atoms with Gasteiger partial charge in [-0.2, -0.15) is 0 Å². The second-order valence-corrected chi connectivity index (χ2v) is 6.79. The van der Waals surface area contributed by atoms with Gasteiger partial charge in [0.25, 0.3) is 0 Å². The summed E-state index contributed by atoms with van der Waals surface area (Å²) in [4.78, 5) is 21.1. The van der Waals surface area contributed by atoms with E-state index in [2.05, 4.69) is 27.2 Å². The lowest BCUT2D eigenvalue weighted by Crippen LogP contribution is -1.98. The largest absolute Gasteiger partial charge is 0.463 e. The second kappa shape index (κ2) is 17.8. The van der Waals surface area contributed by atoms with E-state index in [1.807, 2.05) is 6.92 Å². The van der Waals surface area contributed by atoms with Crippen molar-refractivity contribution in [1.29, 1.82) is 0 Å². The molecule has 176 valence electrons. The van der Waals surface area contributed by atoms with Gasteiger partial charge in [0.15, 0.2) is 0 Å². The fraction of sp³-hybridized carbons (Fsp3) is 0.280. The molecule has 0 saturated carbocycles. The molecule has 2 aromatic carbocycles. The summed E-state index contributed by atoms with van der Waals surface area (Å²) in [5, 5.41) is 0. The Morgan fingerprint density at radius 3 is 1.84 bits per heavy atom. The number of carbonyl (C=O) groups excluding carboxylic acids is 2. The summed E-state index contributed by atoms with van der Waals surface area (Å²) in [5.41, 5.74) is 2.52. The third kappa shape index (κ3) is 14.2. The van der Waals surface area contributed by atoms with Gasteiger partial charge in [-0.1, -0.05) is 36.0 Å². The van der Waals surface area contributed by atoms with Crippen LogP contribution in [-0.4, -0.2) is 25.2 Å². The molecule has 0 spiro atoms. The Bertz CT molecular complexity index is 896. The van der Waals surface area contributed by atoms with Crippen LogP contribution in [0.1, 0.15) is 38.0 Å². The summed E-state index contributed by atoms with van der Waals surface area (Å²) in [6.45, 7) is 11.1. The van der Waals surface area contributed by atoms with Crippen molar-refractivity contribution in [2.24, 2.45) is 0 Å². The Hall–Kier alpha value is -2.80. The van der Waals surface area contributed by atoms with Crippen molar-refractivity contribution in [3.05, 3.63) is 87.9 Å². The van der Waals surface area contributed by atoms with Gasteiger partial charge >= 0.3 is 11.9 Å². The lowest BCUT2D eigenvalue weighted by molar-refractivity contribution is -0.138. The first-order valence-electron chi connectivity index (χ1n) is 9.46. The highest BCUT2D eigenvalue weighted by Gasteiger charge is 1.98. The van der Waals surface area contributed by atoms with Crippen LogP contribution in [0.25, 0.3) is 6.08 Å². The van der Waals surface area contributed by atoms with E-state index in [-0.39, 0.29) is 31.0 Å². The van der Waals surface area contributed by atoms with Crippen LogP contribution >= 0.6 is 15.9 Å². The molecule has 7 heteroatoms. The van der Waals surface area contributed by atoms with Crippen LogP contribution < -0.4 is 0 Å². The van der Waals surface area contributed by atoms with E-state index in [1.165, 1.54) is 30.3 Å². The van der Waals surface area contributed by atoms with Crippen molar-refractivity contribution in [3.8, 4) is 0 Å². The maximum atomic E-state index is 12.8. The minimum absolute atomic E-state index is 0. The number of carbonyl (C=O) groups is 2. The summed E-state index contributed by atoms with van der Waals surface area (Å²) >= 11 is 3.26. The molecule has 0 amide bonds. The van der Waals surface area contributed by atoms with Gasteiger partial charge in [0, 0.05) is 16.6 Å². The molecular formula is C25H31BrF2O4. The zero-order chi connectivity index (χ0) is 23.8. The molecule has 0 N–H and O–H groups in total. The summed E-state index contributed by atoms with van der Waals surface area (Å²) in [6, 6.07) is 9.02. The summed E-state index contributed by atoms with van der Waals surface area (Å²) < 4.78 is 35.2. The van der Waals surface area contributed by atoms with Crippen LogP contribution in [0.4, 0.5) is 8.78 Å². The zero-order valence-electron chi connectivity index (χ0n) is 18.1. The van der Waals surface area contributed by atoms with Gasteiger partial charge < -0.3 is 9.47 Å². The first-order chi connectivity index (χ1) is 14.6. The average Bonchev–Trinajstić information content (AvgIpc) is 2.71. The minimum atomic E-state index is -0.388. The van der Waals surface area contributed by atoms with Gasteiger partial charge in [-0.3, -0.25) is 0 Å². The summed E-state index contributed by atoms with van der Waals surface area (Å²) in [6.07, 6.45) is 4.10. The van der Waals surface area contributed by atoms with Crippen LogP contribution in [0.2, 0.25) is 0 Å². The third-order valence-corrected chi connectivity index (χ3v) is 4.38. The van der Waals surface area contributed by atoms with E-state index in [4.69, 9.17) is 4.74 Å². The number of halogens is 3. The molecule has 0 bridgehead atoms. The highest BCUT2D eigenvalue weighted by Crippen LogP contribution is 2.15. The Balaban J connectivity index is 0. The van der Waals surface area contributed by atoms with Gasteiger partial charge in [0.2, 0.25) is 0 Å².